The number of nitrogens with one attached hydrogen (secondary N) is 1. The summed E-state index contributed by atoms with van der Waals surface area (Å²) in [5.74, 6) is 2.54. The Bertz CT molecular complexity index is 715. The number of methoxy groups -OCH3 is 1. The van der Waals surface area contributed by atoms with Crippen LogP contribution in [-0.2, 0) is 4.79 Å². The Morgan fingerprint density at radius 3 is 2.83 bits per heavy atom. The zero-order valence-corrected chi connectivity index (χ0v) is 20.5. The van der Waals surface area contributed by atoms with Gasteiger partial charge in [-0.25, -0.2) is 0 Å². The molecule has 0 aliphatic carbocycles. The Balaban J connectivity index is 0.00000320. The number of primary amides is 1. The molecule has 1 amide bonds. The minimum atomic E-state index is -0.206. The number of hydrogen-bond acceptors (Lipinski definition) is 4. The molecule has 3 N–H and O–H groups in total. The molecule has 2 saturated heterocycles. The molecule has 0 spiro atoms. The van der Waals surface area contributed by atoms with Crippen LogP contribution in [0.15, 0.2) is 29.3 Å². The molecule has 8 heteroatoms. The van der Waals surface area contributed by atoms with Crippen molar-refractivity contribution in [3.8, 4) is 5.75 Å². The largest absolute Gasteiger partial charge is 0.497 e. The summed E-state index contributed by atoms with van der Waals surface area (Å²) in [4.78, 5) is 21.0. The molecule has 2 atom stereocenters. The van der Waals surface area contributed by atoms with Crippen molar-refractivity contribution in [1.29, 1.82) is 0 Å². The second-order valence-electron chi connectivity index (χ2n) is 8.12. The Kier molecular flexibility index (Phi) is 10.0. The van der Waals surface area contributed by atoms with Crippen LogP contribution in [0.5, 0.6) is 5.75 Å². The van der Waals surface area contributed by atoms with Crippen LogP contribution in [-0.4, -0.2) is 63.1 Å². The van der Waals surface area contributed by atoms with Gasteiger partial charge in [0, 0.05) is 57.4 Å². The lowest BCUT2D eigenvalue weighted by Crippen LogP contribution is -2.47. The van der Waals surface area contributed by atoms with Gasteiger partial charge in [0.1, 0.15) is 5.75 Å². The third kappa shape index (κ3) is 6.92. The van der Waals surface area contributed by atoms with Gasteiger partial charge in [-0.1, -0.05) is 6.07 Å². The third-order valence-electron chi connectivity index (χ3n) is 5.85. The number of halogens is 1. The summed E-state index contributed by atoms with van der Waals surface area (Å²) in [6.07, 6.45) is 3.75. The van der Waals surface area contributed by atoms with Crippen LogP contribution in [0.3, 0.4) is 0 Å². The van der Waals surface area contributed by atoms with Gasteiger partial charge in [-0.05, 0) is 50.2 Å². The van der Waals surface area contributed by atoms with Gasteiger partial charge in [0.2, 0.25) is 5.91 Å². The van der Waals surface area contributed by atoms with E-state index in [1.54, 1.807) is 7.11 Å². The topological polar surface area (TPSA) is 83.2 Å². The summed E-state index contributed by atoms with van der Waals surface area (Å²) in [6.45, 7) is 7.67. The molecule has 2 aliphatic rings. The van der Waals surface area contributed by atoms with E-state index in [0.717, 1.165) is 70.2 Å². The fourth-order valence-corrected chi connectivity index (χ4v) is 4.37. The summed E-state index contributed by atoms with van der Waals surface area (Å²) in [6, 6.07) is 8.27. The number of nitrogens with zero attached hydrogens (tertiary/aromatic N) is 3. The van der Waals surface area contributed by atoms with E-state index in [2.05, 4.69) is 34.2 Å². The van der Waals surface area contributed by atoms with Crippen LogP contribution in [0, 0.1) is 11.8 Å². The number of carbonyl (C=O) groups is 1. The molecule has 0 aromatic heterocycles. The van der Waals surface area contributed by atoms with Gasteiger partial charge in [0.05, 0.1) is 7.11 Å². The lowest BCUT2D eigenvalue weighted by molar-refractivity contribution is -0.119. The van der Waals surface area contributed by atoms with E-state index in [4.69, 9.17) is 15.5 Å². The molecular formula is C22H36IN5O2. The average molecular weight is 529 g/mol. The SMILES string of the molecule is CCNC(=NCC1CCN(c2cccc(OC)c2)C1)N1CCCC(CC(N)=O)C1.I. The maximum Gasteiger partial charge on any atom is 0.217 e. The highest BCUT2D eigenvalue weighted by Gasteiger charge is 2.25. The number of amides is 1. The van der Waals surface area contributed by atoms with Gasteiger partial charge >= 0.3 is 0 Å². The zero-order chi connectivity index (χ0) is 20.6. The van der Waals surface area contributed by atoms with E-state index in [-0.39, 0.29) is 29.9 Å². The van der Waals surface area contributed by atoms with Crippen molar-refractivity contribution in [3.63, 3.8) is 0 Å². The lowest BCUT2D eigenvalue weighted by atomic mass is 9.95. The monoisotopic (exact) mass is 529 g/mol. The standard InChI is InChI=1S/C22H35N5O2.HI/c1-3-24-22(27-10-5-6-17(15-27)12-21(23)28)25-14-18-9-11-26(16-18)19-7-4-8-20(13-19)29-2;/h4,7-8,13,17-18H,3,5-6,9-12,14-16H2,1-2H3,(H2,23,28)(H,24,25);1H. The van der Waals surface area contributed by atoms with Crippen LogP contribution in [0.1, 0.15) is 32.6 Å². The number of hydrogen-bond donors (Lipinski definition) is 2. The van der Waals surface area contributed by atoms with Crippen molar-refractivity contribution in [1.82, 2.24) is 10.2 Å². The molecular weight excluding hydrogens is 493 g/mol. The number of likely N-dealkylation sites (tertiary alicyclic amines) is 1. The molecule has 3 rings (SSSR count). The fourth-order valence-electron chi connectivity index (χ4n) is 4.37. The molecule has 2 aliphatic heterocycles. The summed E-state index contributed by atoms with van der Waals surface area (Å²) in [5.41, 5.74) is 6.62. The van der Waals surface area contributed by atoms with E-state index in [0.29, 0.717) is 18.3 Å². The van der Waals surface area contributed by atoms with Crippen molar-refractivity contribution >= 4 is 41.5 Å². The maximum atomic E-state index is 11.3. The molecule has 0 saturated carbocycles. The van der Waals surface area contributed by atoms with E-state index in [1.165, 1.54) is 5.69 Å². The van der Waals surface area contributed by atoms with Gasteiger partial charge < -0.3 is 25.6 Å². The smallest absolute Gasteiger partial charge is 0.217 e. The number of benzene rings is 1. The van der Waals surface area contributed by atoms with Crippen molar-refractivity contribution in [2.24, 2.45) is 22.6 Å². The Hall–Kier alpha value is -1.71. The summed E-state index contributed by atoms with van der Waals surface area (Å²) in [5, 5.41) is 3.44. The van der Waals surface area contributed by atoms with E-state index >= 15 is 0 Å². The van der Waals surface area contributed by atoms with Crippen LogP contribution in [0.25, 0.3) is 0 Å². The second-order valence-corrected chi connectivity index (χ2v) is 8.12. The quantitative estimate of drug-likeness (QED) is 0.323. The number of carbonyl (C=O) groups excluding carboxylic acids is 1. The Morgan fingerprint density at radius 2 is 2.10 bits per heavy atom. The Labute approximate surface area is 197 Å². The van der Waals surface area contributed by atoms with Crippen molar-refractivity contribution < 1.29 is 9.53 Å². The first kappa shape index (κ1) is 24.6. The minimum Gasteiger partial charge on any atom is -0.497 e. The first-order valence-electron chi connectivity index (χ1n) is 10.8. The minimum absolute atomic E-state index is 0. The van der Waals surface area contributed by atoms with Crippen molar-refractivity contribution in [2.45, 2.75) is 32.6 Å². The van der Waals surface area contributed by atoms with Crippen molar-refractivity contribution in [3.05, 3.63) is 24.3 Å². The predicted molar refractivity (Wildman–Crippen MR) is 133 cm³/mol. The number of nitrogens with two attached hydrogens (primary N) is 1. The van der Waals surface area contributed by atoms with Gasteiger partial charge in [-0.2, -0.15) is 0 Å². The number of rotatable bonds is 7. The molecule has 168 valence electrons. The highest BCUT2D eigenvalue weighted by molar-refractivity contribution is 14.0. The summed E-state index contributed by atoms with van der Waals surface area (Å²) < 4.78 is 5.36. The van der Waals surface area contributed by atoms with Crippen LogP contribution >= 0.6 is 24.0 Å². The number of piperidine rings is 1. The number of anilines is 1. The molecule has 2 unspecified atom stereocenters. The van der Waals surface area contributed by atoms with Gasteiger partial charge in [0.15, 0.2) is 5.96 Å². The highest BCUT2D eigenvalue weighted by atomic mass is 127. The molecule has 2 fully saturated rings. The molecule has 30 heavy (non-hydrogen) atoms. The van der Waals surface area contributed by atoms with Gasteiger partial charge in [0.25, 0.3) is 0 Å². The van der Waals surface area contributed by atoms with E-state index in [9.17, 15) is 4.79 Å². The molecule has 2 heterocycles. The predicted octanol–water partition coefficient (Wildman–Crippen LogP) is 2.69. The molecule has 0 bridgehead atoms. The summed E-state index contributed by atoms with van der Waals surface area (Å²) >= 11 is 0. The Morgan fingerprint density at radius 1 is 1.27 bits per heavy atom. The average Bonchev–Trinajstić information content (AvgIpc) is 3.20. The van der Waals surface area contributed by atoms with E-state index in [1.807, 2.05) is 12.1 Å². The number of guanidine groups is 1. The van der Waals surface area contributed by atoms with Crippen molar-refractivity contribution in [2.75, 3.05) is 51.3 Å². The molecule has 1 aromatic rings. The number of aliphatic imine (C=N–C) groups is 1. The molecule has 1 aromatic carbocycles. The van der Waals surface area contributed by atoms with Gasteiger partial charge in [-0.3, -0.25) is 9.79 Å². The third-order valence-corrected chi connectivity index (χ3v) is 5.85. The highest BCUT2D eigenvalue weighted by Crippen LogP contribution is 2.27. The zero-order valence-electron chi connectivity index (χ0n) is 18.2. The van der Waals surface area contributed by atoms with Crippen LogP contribution in [0.4, 0.5) is 5.69 Å². The molecule has 0 radical (unpaired) electrons. The van der Waals surface area contributed by atoms with Crippen LogP contribution in [0.2, 0.25) is 0 Å². The maximum absolute atomic E-state index is 11.3. The fraction of sp³-hybridized carbons (Fsp3) is 0.636. The molecule has 7 nitrogen and oxygen atoms in total. The second kappa shape index (κ2) is 12.2. The van der Waals surface area contributed by atoms with E-state index < -0.39 is 0 Å². The normalized spacial score (nSPS) is 21.9. The number of ether oxygens (including phenoxy) is 1. The van der Waals surface area contributed by atoms with Gasteiger partial charge in [-0.15, -0.1) is 24.0 Å². The lowest BCUT2D eigenvalue weighted by Gasteiger charge is -2.34. The van der Waals surface area contributed by atoms with Crippen LogP contribution < -0.4 is 20.7 Å². The summed E-state index contributed by atoms with van der Waals surface area (Å²) in [7, 11) is 1.71. The first-order chi connectivity index (χ1) is 14.1. The first-order valence-corrected chi connectivity index (χ1v) is 10.8.